The molecule has 1 aliphatic heterocycles. The van der Waals surface area contributed by atoms with Gasteiger partial charge in [-0.2, -0.15) is 0 Å². The molecule has 1 saturated heterocycles. The van der Waals surface area contributed by atoms with Crippen LogP contribution in [0.4, 0.5) is 0 Å². The van der Waals surface area contributed by atoms with Crippen molar-refractivity contribution in [3.8, 4) is 0 Å². The largest absolute Gasteiger partial charge is 0.462 e. The Labute approximate surface area is 214 Å². The van der Waals surface area contributed by atoms with Gasteiger partial charge in [-0.15, -0.1) is 0 Å². The third-order valence-electron chi connectivity index (χ3n) is 7.13. The van der Waals surface area contributed by atoms with E-state index in [0.29, 0.717) is 12.8 Å². The Balaban J connectivity index is 2.60. The molecule has 204 valence electrons. The van der Waals surface area contributed by atoms with E-state index in [0.717, 1.165) is 44.9 Å². The van der Waals surface area contributed by atoms with Crippen molar-refractivity contribution in [2.75, 3.05) is 0 Å². The molecule has 2 N–H and O–H groups in total. The smallest absolute Gasteiger partial charge is 0.318 e. The van der Waals surface area contributed by atoms with Gasteiger partial charge in [-0.1, -0.05) is 105 Å². The van der Waals surface area contributed by atoms with E-state index in [9.17, 15) is 14.4 Å². The molecule has 0 aromatic heterocycles. The number of ether oxygens (including phenoxy) is 2. The van der Waals surface area contributed by atoms with Crippen molar-refractivity contribution in [2.24, 2.45) is 23.5 Å². The molecule has 35 heavy (non-hydrogen) atoms. The summed E-state index contributed by atoms with van der Waals surface area (Å²) in [6, 6.07) is 0. The summed E-state index contributed by atoms with van der Waals surface area (Å²) in [6.07, 6.45) is 17.4. The second-order valence-corrected chi connectivity index (χ2v) is 10.9. The fourth-order valence-electron chi connectivity index (χ4n) is 4.92. The average Bonchev–Trinajstić information content (AvgIpc) is 2.80. The fraction of sp³-hybridized carbons (Fsp3) is 0.897. The van der Waals surface area contributed by atoms with Crippen molar-refractivity contribution < 1.29 is 23.9 Å². The zero-order valence-corrected chi connectivity index (χ0v) is 23.0. The lowest BCUT2D eigenvalue weighted by Crippen LogP contribution is -2.47. The summed E-state index contributed by atoms with van der Waals surface area (Å²) in [5.41, 5.74) is 5.51. The van der Waals surface area contributed by atoms with Crippen molar-refractivity contribution in [3.63, 3.8) is 0 Å². The van der Waals surface area contributed by atoms with Gasteiger partial charge in [-0.05, 0) is 31.6 Å². The first kappa shape index (κ1) is 31.4. The summed E-state index contributed by atoms with van der Waals surface area (Å²) >= 11 is 0. The SMILES string of the molecule is CCCCCCCCCCC[C@@H](C[C@@H]1OC(=O)[C@H]1CCCCCC)OC(=O)[C@@H](CC(C)C)C(N)=O. The Bertz CT molecular complexity index is 606. The van der Waals surface area contributed by atoms with Crippen LogP contribution in [0.1, 0.15) is 137 Å². The van der Waals surface area contributed by atoms with Gasteiger partial charge >= 0.3 is 11.9 Å². The molecule has 0 bridgehead atoms. The van der Waals surface area contributed by atoms with Crippen LogP contribution in [-0.4, -0.2) is 30.1 Å². The standard InChI is InChI=1S/C29H53NO5/c1-5-7-9-11-12-13-14-15-16-18-23(34-29(33)25(27(30)31)20-22(3)4)21-26-24(28(32)35-26)19-17-10-8-6-2/h22-26H,5-21H2,1-4H3,(H2,30,31)/t23-,24-,25-,26-/m0/s1. The first-order chi connectivity index (χ1) is 16.8. The van der Waals surface area contributed by atoms with Crippen LogP contribution >= 0.6 is 0 Å². The highest BCUT2D eigenvalue weighted by Gasteiger charge is 2.43. The monoisotopic (exact) mass is 495 g/mol. The summed E-state index contributed by atoms with van der Waals surface area (Å²) < 4.78 is 11.3. The van der Waals surface area contributed by atoms with E-state index >= 15 is 0 Å². The predicted octanol–water partition coefficient (Wildman–Crippen LogP) is 6.87. The van der Waals surface area contributed by atoms with Gasteiger partial charge in [0.2, 0.25) is 5.91 Å². The van der Waals surface area contributed by atoms with Gasteiger partial charge in [-0.3, -0.25) is 14.4 Å². The molecule has 0 unspecified atom stereocenters. The summed E-state index contributed by atoms with van der Waals surface area (Å²) in [7, 11) is 0. The zero-order chi connectivity index (χ0) is 26.1. The number of nitrogens with two attached hydrogens (primary N) is 1. The summed E-state index contributed by atoms with van der Waals surface area (Å²) in [6.45, 7) is 8.32. The quantitative estimate of drug-likeness (QED) is 0.100. The first-order valence-electron chi connectivity index (χ1n) is 14.5. The molecule has 0 saturated carbocycles. The third-order valence-corrected chi connectivity index (χ3v) is 7.13. The lowest BCUT2D eigenvalue weighted by Gasteiger charge is -2.37. The molecule has 1 rings (SSSR count). The lowest BCUT2D eigenvalue weighted by atomic mass is 9.86. The molecule has 0 aromatic rings. The number of hydrogen-bond acceptors (Lipinski definition) is 5. The Kier molecular flexibility index (Phi) is 16.8. The number of cyclic esters (lactones) is 1. The molecule has 0 radical (unpaired) electrons. The molecular weight excluding hydrogens is 442 g/mol. The molecular formula is C29H53NO5. The number of primary amides is 1. The molecule has 1 aliphatic rings. The molecule has 4 atom stereocenters. The van der Waals surface area contributed by atoms with Crippen molar-refractivity contribution in [2.45, 2.75) is 149 Å². The van der Waals surface area contributed by atoms with Crippen molar-refractivity contribution in [1.82, 2.24) is 0 Å². The minimum atomic E-state index is -0.922. The molecule has 0 aliphatic carbocycles. The van der Waals surface area contributed by atoms with E-state index in [1.54, 1.807) is 0 Å². The summed E-state index contributed by atoms with van der Waals surface area (Å²) in [5, 5.41) is 0. The number of rotatable bonds is 22. The Morgan fingerprint density at radius 2 is 1.43 bits per heavy atom. The Morgan fingerprint density at radius 1 is 0.886 bits per heavy atom. The molecule has 0 aromatic carbocycles. The predicted molar refractivity (Wildman–Crippen MR) is 141 cm³/mol. The number of carbonyl (C=O) groups excluding carboxylic acids is 3. The van der Waals surface area contributed by atoms with Crippen molar-refractivity contribution >= 4 is 17.8 Å². The number of unbranched alkanes of at least 4 members (excludes halogenated alkanes) is 11. The van der Waals surface area contributed by atoms with Crippen LogP contribution in [0.15, 0.2) is 0 Å². The molecule has 1 amide bonds. The van der Waals surface area contributed by atoms with Crippen LogP contribution in [-0.2, 0) is 23.9 Å². The van der Waals surface area contributed by atoms with Crippen LogP contribution in [0.2, 0.25) is 0 Å². The topological polar surface area (TPSA) is 95.7 Å². The number of hydrogen-bond donors (Lipinski definition) is 1. The molecule has 6 heteroatoms. The zero-order valence-electron chi connectivity index (χ0n) is 23.0. The normalized spacial score (nSPS) is 19.2. The van der Waals surface area contributed by atoms with Crippen LogP contribution in [0, 0.1) is 17.8 Å². The highest BCUT2D eigenvalue weighted by Crippen LogP contribution is 2.33. The van der Waals surface area contributed by atoms with Gasteiger partial charge in [0.05, 0.1) is 5.92 Å². The van der Waals surface area contributed by atoms with E-state index in [1.807, 2.05) is 13.8 Å². The van der Waals surface area contributed by atoms with E-state index in [-0.39, 0.29) is 30.0 Å². The molecule has 1 heterocycles. The van der Waals surface area contributed by atoms with Crippen molar-refractivity contribution in [1.29, 1.82) is 0 Å². The second kappa shape index (κ2) is 18.6. The van der Waals surface area contributed by atoms with E-state index in [4.69, 9.17) is 15.2 Å². The highest BCUT2D eigenvalue weighted by molar-refractivity contribution is 5.97. The van der Waals surface area contributed by atoms with Gasteiger partial charge in [0, 0.05) is 6.42 Å². The van der Waals surface area contributed by atoms with Gasteiger partial charge in [0.15, 0.2) is 0 Å². The van der Waals surface area contributed by atoms with Crippen molar-refractivity contribution in [3.05, 3.63) is 0 Å². The highest BCUT2D eigenvalue weighted by atomic mass is 16.6. The average molecular weight is 496 g/mol. The maximum atomic E-state index is 12.8. The second-order valence-electron chi connectivity index (χ2n) is 10.9. The van der Waals surface area contributed by atoms with E-state index < -0.39 is 17.8 Å². The molecule has 1 fully saturated rings. The Morgan fingerprint density at radius 3 is 1.94 bits per heavy atom. The van der Waals surface area contributed by atoms with Gasteiger partial charge in [0.25, 0.3) is 0 Å². The first-order valence-corrected chi connectivity index (χ1v) is 14.5. The maximum Gasteiger partial charge on any atom is 0.318 e. The van der Waals surface area contributed by atoms with Crippen LogP contribution in [0.3, 0.4) is 0 Å². The number of amides is 1. The van der Waals surface area contributed by atoms with Crippen LogP contribution < -0.4 is 5.73 Å². The number of carbonyl (C=O) groups is 3. The molecule has 0 spiro atoms. The fourth-order valence-corrected chi connectivity index (χ4v) is 4.92. The van der Waals surface area contributed by atoms with Crippen LogP contribution in [0.25, 0.3) is 0 Å². The molecule has 6 nitrogen and oxygen atoms in total. The van der Waals surface area contributed by atoms with E-state index in [1.165, 1.54) is 51.4 Å². The summed E-state index contributed by atoms with van der Waals surface area (Å²) in [4.78, 5) is 36.8. The minimum absolute atomic E-state index is 0.0984. The van der Waals surface area contributed by atoms with E-state index in [2.05, 4.69) is 13.8 Å². The Hall–Kier alpha value is -1.59. The number of esters is 2. The summed E-state index contributed by atoms with van der Waals surface area (Å²) in [5.74, 6) is -2.15. The lowest BCUT2D eigenvalue weighted by molar-refractivity contribution is -0.190. The third kappa shape index (κ3) is 13.3. The van der Waals surface area contributed by atoms with Gasteiger partial charge in [0.1, 0.15) is 18.1 Å². The van der Waals surface area contributed by atoms with Gasteiger partial charge < -0.3 is 15.2 Å². The maximum absolute atomic E-state index is 12.8. The minimum Gasteiger partial charge on any atom is -0.462 e. The van der Waals surface area contributed by atoms with Crippen LogP contribution in [0.5, 0.6) is 0 Å². The van der Waals surface area contributed by atoms with Gasteiger partial charge in [-0.25, -0.2) is 0 Å².